The number of aromatic nitrogens is 15. The summed E-state index contributed by atoms with van der Waals surface area (Å²) < 4.78 is 9.37. The van der Waals surface area contributed by atoms with Crippen LogP contribution < -0.4 is 79.8 Å². The maximum absolute atomic E-state index is 10.8. The molecule has 0 bridgehead atoms. The van der Waals surface area contributed by atoms with Crippen molar-refractivity contribution in [3.05, 3.63) is 269 Å². The number of fused-ring (bicyclic) bond motifs is 5. The molecule has 15 heterocycles. The Balaban J connectivity index is 0.000000129. The average Bonchev–Trinajstić information content (AvgIpc) is 1.62. The van der Waals surface area contributed by atoms with Crippen LogP contribution in [0.2, 0.25) is 0 Å². The molecule has 5 fully saturated rings. The molecular formula is C109H148N30O5. The SMILES string of the molecule is CC(C)c1cnn2c(NCc3ccccc3)cc(NC3CNCC[C@H]3C)nc12.CC(C)c1cnn2c(NCc3ccccc3)cc(NC3CNCC[C@]3(O)CO)nc12.CC(C)c1cnn2c(NCc3ccccc3)cc(NC3CN[C@H](CO)C3)nc12.CC(C)c1cnn2c(NCc3ccccc3)cc(N[C@H]3CNCC[C@@]3(O)CO)nc12.CC[C@H]1C[C@@H](Nc2cc(NCc3ccccc3)n3ncc(C(C)C)c3n2)CN1. The number of anilines is 10. The molecule has 0 spiro atoms. The molecule has 3 unspecified atom stereocenters. The van der Waals surface area contributed by atoms with Gasteiger partial charge in [-0.3, -0.25) is 0 Å². The summed E-state index contributed by atoms with van der Waals surface area (Å²) in [6, 6.07) is 62.6. The Morgan fingerprint density at radius 1 is 0.347 bits per heavy atom. The summed E-state index contributed by atoms with van der Waals surface area (Å²) >= 11 is 0. The van der Waals surface area contributed by atoms with Crippen molar-refractivity contribution in [2.75, 3.05) is 125 Å². The average molecular weight is 1960 g/mol. The van der Waals surface area contributed by atoms with Crippen molar-refractivity contribution in [2.24, 2.45) is 5.92 Å². The minimum Gasteiger partial charge on any atom is -0.395 e. The van der Waals surface area contributed by atoms with Crippen molar-refractivity contribution in [3.8, 4) is 0 Å². The molecule has 0 aliphatic carbocycles. The Morgan fingerprint density at radius 2 is 0.618 bits per heavy atom. The first-order valence-corrected chi connectivity index (χ1v) is 51.4. The molecule has 5 aliphatic rings. The van der Waals surface area contributed by atoms with Crippen molar-refractivity contribution in [2.45, 2.75) is 237 Å². The van der Waals surface area contributed by atoms with Crippen LogP contribution in [0, 0.1) is 5.92 Å². The smallest absolute Gasteiger partial charge is 0.163 e. The quantitative estimate of drug-likeness (QED) is 0.0178. The normalized spacial score (nSPS) is 20.5. The first kappa shape index (κ1) is 104. The van der Waals surface area contributed by atoms with Crippen LogP contribution in [-0.2, 0) is 32.7 Å². The zero-order chi connectivity index (χ0) is 101. The van der Waals surface area contributed by atoms with Gasteiger partial charge in [0.15, 0.2) is 28.2 Å². The molecule has 764 valence electrons. The predicted molar refractivity (Wildman–Crippen MR) is 577 cm³/mol. The summed E-state index contributed by atoms with van der Waals surface area (Å²) in [7, 11) is 0. The number of benzene rings is 5. The van der Waals surface area contributed by atoms with Crippen LogP contribution >= 0.6 is 0 Å². The first-order chi connectivity index (χ1) is 69.9. The monoisotopic (exact) mass is 1960 g/mol. The molecule has 15 aromatic rings. The molecule has 0 radical (unpaired) electrons. The fourth-order valence-corrected chi connectivity index (χ4v) is 18.9. The zero-order valence-electron chi connectivity index (χ0n) is 85.2. The molecule has 5 saturated heterocycles. The summed E-state index contributed by atoms with van der Waals surface area (Å²) in [6.45, 7) is 35.5. The van der Waals surface area contributed by atoms with Crippen molar-refractivity contribution >= 4 is 86.4 Å². The third-order valence-electron chi connectivity index (χ3n) is 27.9. The van der Waals surface area contributed by atoms with E-state index in [1.165, 1.54) is 45.4 Å². The van der Waals surface area contributed by atoms with Gasteiger partial charge in [0.05, 0.1) is 62.9 Å². The lowest BCUT2D eigenvalue weighted by Crippen LogP contribution is -2.59. The van der Waals surface area contributed by atoms with Crippen LogP contribution in [0.15, 0.2) is 213 Å². The molecule has 20 N–H and O–H groups in total. The van der Waals surface area contributed by atoms with Crippen molar-refractivity contribution in [1.82, 2.24) is 99.6 Å². The minimum atomic E-state index is -1.18. The Hall–Kier alpha value is -13.2. The molecule has 10 aromatic heterocycles. The van der Waals surface area contributed by atoms with Crippen LogP contribution in [0.1, 0.15) is 207 Å². The van der Waals surface area contributed by atoms with E-state index in [2.05, 4.69) is 285 Å². The molecule has 144 heavy (non-hydrogen) atoms. The van der Waals surface area contributed by atoms with Gasteiger partial charge < -0.3 is 105 Å². The molecule has 35 heteroatoms. The van der Waals surface area contributed by atoms with Crippen LogP contribution in [0.25, 0.3) is 28.2 Å². The Labute approximate surface area is 844 Å². The van der Waals surface area contributed by atoms with Gasteiger partial charge in [-0.25, -0.2) is 24.9 Å². The maximum Gasteiger partial charge on any atom is 0.163 e. The van der Waals surface area contributed by atoms with E-state index in [0.717, 1.165) is 150 Å². The van der Waals surface area contributed by atoms with Crippen LogP contribution in [-0.4, -0.2) is 224 Å². The maximum atomic E-state index is 10.8. The minimum absolute atomic E-state index is 0.151. The van der Waals surface area contributed by atoms with Crippen molar-refractivity contribution < 1.29 is 25.5 Å². The highest BCUT2D eigenvalue weighted by Gasteiger charge is 2.41. The first-order valence-electron chi connectivity index (χ1n) is 51.4. The van der Waals surface area contributed by atoms with Gasteiger partial charge in [0.2, 0.25) is 0 Å². The Bertz CT molecular complexity index is 6250. The fourth-order valence-electron chi connectivity index (χ4n) is 18.9. The zero-order valence-corrected chi connectivity index (χ0v) is 85.2. The molecule has 35 nitrogen and oxygen atoms in total. The van der Waals surface area contributed by atoms with Crippen molar-refractivity contribution in [1.29, 1.82) is 0 Å². The number of aliphatic hydroxyl groups is 5. The van der Waals surface area contributed by atoms with E-state index in [1.54, 1.807) is 0 Å². The van der Waals surface area contributed by atoms with Gasteiger partial charge in [-0.05, 0) is 121 Å². The molecule has 0 amide bonds. The third kappa shape index (κ3) is 26.1. The highest BCUT2D eigenvalue weighted by atomic mass is 16.3. The molecule has 0 saturated carbocycles. The van der Waals surface area contributed by atoms with E-state index in [1.807, 2.05) is 138 Å². The van der Waals surface area contributed by atoms with Gasteiger partial charge in [0.25, 0.3) is 0 Å². The third-order valence-corrected chi connectivity index (χ3v) is 27.9. The van der Waals surface area contributed by atoms with Crippen LogP contribution in [0.3, 0.4) is 0 Å². The highest BCUT2D eigenvalue weighted by Crippen LogP contribution is 2.35. The Kier molecular flexibility index (Phi) is 35.2. The molecule has 10 atom stereocenters. The number of nitrogens with one attached hydrogen (secondary N) is 15. The van der Waals surface area contributed by atoms with Gasteiger partial charge in [-0.15, -0.1) is 0 Å². The van der Waals surface area contributed by atoms with Crippen LogP contribution in [0.4, 0.5) is 58.2 Å². The molecule has 5 aromatic carbocycles. The van der Waals surface area contributed by atoms with E-state index >= 15 is 0 Å². The number of hydrogen-bond acceptors (Lipinski definition) is 30. The standard InChI is InChI=1S/2C22H30N6O2.2C22H30N6.C21H28N6O/c2*1-15(2)17-12-25-28-20(24-11-16-6-4-3-5-7-16)10-19(27-21(17)28)26-18-13-23-9-8-22(18,30)14-29;1-15(2)18-13-25-28-21(24-12-17-7-5-4-6-8-17)11-20(27-22(18)28)26-19-14-23-10-9-16(19)3;1-4-17-10-18(13-23-17)26-20-11-21(24-12-16-8-6-5-7-9-16)28-22(27-20)19(14-25-28)15(2)3;1-14(2)18-12-24-27-20(23-10-15-6-4-3-5-7-15)9-19(26-21(18)27)25-16-8-17(13-28)22-11-16/h2*3-7,10,12,15,18,23-24,29-30H,8-9,11,13-14H2,1-2H3,(H,26,27);4-8,11,13,15-16,19,23-24H,9-10,12,14H2,1-3H3,(H,26,27);5-9,11,14-15,17-18,23-24H,4,10,12-13H2,1-3H3,(H,26,27);3-7,9,12,14,16-17,22-23,28H,8,10-11,13H2,1-2H3,(H,25,26)/t18?,22-;18-,22+;16-,19?;17-,18+;16?,17-/m00100/s1. The van der Waals surface area contributed by atoms with Gasteiger partial charge in [0, 0.05) is 154 Å². The van der Waals surface area contributed by atoms with E-state index in [9.17, 15) is 25.5 Å². The number of piperidine rings is 3. The lowest BCUT2D eigenvalue weighted by Gasteiger charge is -2.39. The summed E-state index contributed by atoms with van der Waals surface area (Å²) in [5.74, 6) is 10.6. The summed E-state index contributed by atoms with van der Waals surface area (Å²) in [4.78, 5) is 24.3. The highest BCUT2D eigenvalue weighted by molar-refractivity contribution is 5.67. The number of nitrogens with zero attached hydrogens (tertiary/aromatic N) is 15. The van der Waals surface area contributed by atoms with Gasteiger partial charge in [-0.2, -0.15) is 48.1 Å². The summed E-state index contributed by atoms with van der Waals surface area (Å²) in [5.41, 5.74) is 13.5. The second kappa shape index (κ2) is 48.9. The second-order valence-corrected chi connectivity index (χ2v) is 40.3. The molecule has 5 aliphatic heterocycles. The number of hydrogen-bond donors (Lipinski definition) is 20. The van der Waals surface area contributed by atoms with E-state index < -0.39 is 11.2 Å². The lowest BCUT2D eigenvalue weighted by molar-refractivity contribution is -0.0459. The topological polar surface area (TPSA) is 433 Å². The summed E-state index contributed by atoms with van der Waals surface area (Å²) in [5, 5.41) is 125. The summed E-state index contributed by atoms with van der Waals surface area (Å²) in [6.07, 6.45) is 14.8. The second-order valence-electron chi connectivity index (χ2n) is 40.3. The lowest BCUT2D eigenvalue weighted by atomic mass is 9.88. The number of rotatable bonds is 34. The van der Waals surface area contributed by atoms with Gasteiger partial charge in [0.1, 0.15) is 69.4 Å². The predicted octanol–water partition coefficient (Wildman–Crippen LogP) is 14.4. The van der Waals surface area contributed by atoms with E-state index in [0.29, 0.717) is 112 Å². The van der Waals surface area contributed by atoms with Crippen molar-refractivity contribution in [3.63, 3.8) is 0 Å². The van der Waals surface area contributed by atoms with E-state index in [-0.39, 0.29) is 55.8 Å². The van der Waals surface area contributed by atoms with Gasteiger partial charge in [-0.1, -0.05) is 235 Å². The van der Waals surface area contributed by atoms with E-state index in [4.69, 9.17) is 24.9 Å². The fraction of sp³-hybridized carbons (Fsp3) is 0.450. The molecule has 20 rings (SSSR count). The Morgan fingerprint density at radius 3 is 0.875 bits per heavy atom. The molecular weight excluding hydrogens is 1810 g/mol. The largest absolute Gasteiger partial charge is 0.395 e. The van der Waals surface area contributed by atoms with Crippen LogP contribution in [0.5, 0.6) is 0 Å². The number of aliphatic hydroxyl groups excluding tert-OH is 3. The van der Waals surface area contributed by atoms with Gasteiger partial charge >= 0.3 is 0 Å².